The molecule has 5 heteroatoms. The molecule has 1 rings (SSSR count). The Labute approximate surface area is 83.8 Å². The summed E-state index contributed by atoms with van der Waals surface area (Å²) in [5, 5.41) is 0. The molecule has 1 fully saturated rings. The van der Waals surface area contributed by atoms with E-state index in [1.54, 1.807) is 16.8 Å². The molecule has 0 aromatic rings. The predicted octanol–water partition coefficient (Wildman–Crippen LogP) is -0.974. The maximum atomic E-state index is 11.5. The Morgan fingerprint density at radius 3 is 2.71 bits per heavy atom. The van der Waals surface area contributed by atoms with Crippen molar-refractivity contribution in [1.82, 2.24) is 9.80 Å². The fourth-order valence-electron chi connectivity index (χ4n) is 1.40. The Hall–Kier alpha value is -1.10. The molecule has 0 aliphatic carbocycles. The highest BCUT2D eigenvalue weighted by atomic mass is 16.2. The van der Waals surface area contributed by atoms with Crippen molar-refractivity contribution in [2.45, 2.75) is 12.8 Å². The lowest BCUT2D eigenvalue weighted by atomic mass is 10.3. The number of hydrogen-bond acceptors (Lipinski definition) is 3. The van der Waals surface area contributed by atoms with E-state index in [1.165, 1.54) is 0 Å². The third-order valence-electron chi connectivity index (χ3n) is 2.40. The van der Waals surface area contributed by atoms with Crippen LogP contribution in [0, 0.1) is 0 Å². The molecule has 0 atom stereocenters. The molecule has 1 aliphatic rings. The fraction of sp³-hybridized carbons (Fsp3) is 0.778. The first-order chi connectivity index (χ1) is 6.65. The van der Waals surface area contributed by atoms with Gasteiger partial charge >= 0.3 is 0 Å². The van der Waals surface area contributed by atoms with Crippen molar-refractivity contribution in [3.05, 3.63) is 0 Å². The summed E-state index contributed by atoms with van der Waals surface area (Å²) in [4.78, 5) is 26.1. The summed E-state index contributed by atoms with van der Waals surface area (Å²) in [5.41, 5.74) is 5.36. The largest absolute Gasteiger partial charge is 0.344 e. The standard InChI is InChI=1S/C9H17N3O2/c1-11-6-3-8(13)12(5-2-4-10)7-9(11)14/h2-7,10H2,1H3. The normalized spacial score (nSPS) is 18.7. The summed E-state index contributed by atoms with van der Waals surface area (Å²) < 4.78 is 0. The van der Waals surface area contributed by atoms with Crippen LogP contribution in [0.25, 0.3) is 0 Å². The predicted molar refractivity (Wildman–Crippen MR) is 52.5 cm³/mol. The van der Waals surface area contributed by atoms with Gasteiger partial charge in [0.05, 0.1) is 6.54 Å². The van der Waals surface area contributed by atoms with E-state index in [4.69, 9.17) is 5.73 Å². The van der Waals surface area contributed by atoms with Gasteiger partial charge in [0.1, 0.15) is 0 Å². The fourth-order valence-corrected chi connectivity index (χ4v) is 1.40. The lowest BCUT2D eigenvalue weighted by molar-refractivity contribution is -0.135. The minimum atomic E-state index is 0.00729. The SMILES string of the molecule is CN1CCC(=O)N(CCCN)CC1=O. The highest BCUT2D eigenvalue weighted by molar-refractivity contribution is 5.87. The van der Waals surface area contributed by atoms with Crippen molar-refractivity contribution < 1.29 is 9.59 Å². The van der Waals surface area contributed by atoms with Crippen molar-refractivity contribution in [3.63, 3.8) is 0 Å². The van der Waals surface area contributed by atoms with Crippen molar-refractivity contribution >= 4 is 11.8 Å². The second-order valence-electron chi connectivity index (χ2n) is 3.52. The summed E-state index contributed by atoms with van der Waals surface area (Å²) in [6.45, 7) is 1.87. The third kappa shape index (κ3) is 2.70. The van der Waals surface area contributed by atoms with E-state index in [2.05, 4.69) is 0 Å². The molecule has 5 nitrogen and oxygen atoms in total. The highest BCUT2D eigenvalue weighted by Crippen LogP contribution is 2.04. The lowest BCUT2D eigenvalue weighted by Crippen LogP contribution is -2.37. The number of rotatable bonds is 3. The van der Waals surface area contributed by atoms with E-state index in [9.17, 15) is 9.59 Å². The van der Waals surface area contributed by atoms with Crippen LogP contribution in [0.5, 0.6) is 0 Å². The van der Waals surface area contributed by atoms with Gasteiger partial charge in [-0.25, -0.2) is 0 Å². The van der Waals surface area contributed by atoms with E-state index in [1.807, 2.05) is 0 Å². The molecule has 1 aliphatic heterocycles. The number of carbonyl (C=O) groups excluding carboxylic acids is 2. The van der Waals surface area contributed by atoms with Gasteiger partial charge < -0.3 is 15.5 Å². The Morgan fingerprint density at radius 2 is 2.07 bits per heavy atom. The van der Waals surface area contributed by atoms with Crippen molar-refractivity contribution in [2.75, 3.05) is 33.2 Å². The summed E-state index contributed by atoms with van der Waals surface area (Å²) in [5.74, 6) is 0.0593. The van der Waals surface area contributed by atoms with Gasteiger partial charge in [0.25, 0.3) is 0 Å². The smallest absolute Gasteiger partial charge is 0.241 e. The van der Waals surface area contributed by atoms with Gasteiger partial charge in [0.2, 0.25) is 11.8 Å². The average Bonchev–Trinajstić information content (AvgIpc) is 2.29. The van der Waals surface area contributed by atoms with Gasteiger partial charge in [-0.3, -0.25) is 9.59 Å². The van der Waals surface area contributed by atoms with Crippen LogP contribution in [0.4, 0.5) is 0 Å². The summed E-state index contributed by atoms with van der Waals surface area (Å²) in [6.07, 6.45) is 1.18. The number of likely N-dealkylation sites (N-methyl/N-ethyl adjacent to an activating group) is 1. The first kappa shape index (κ1) is 11.0. The molecule has 0 radical (unpaired) electrons. The molecule has 0 spiro atoms. The van der Waals surface area contributed by atoms with E-state index >= 15 is 0 Å². The molecule has 14 heavy (non-hydrogen) atoms. The second kappa shape index (κ2) is 4.95. The minimum absolute atomic E-state index is 0.00729. The third-order valence-corrected chi connectivity index (χ3v) is 2.40. The van der Waals surface area contributed by atoms with Crippen LogP contribution < -0.4 is 5.73 Å². The monoisotopic (exact) mass is 199 g/mol. The van der Waals surface area contributed by atoms with Crippen LogP contribution in [0.3, 0.4) is 0 Å². The molecule has 1 heterocycles. The summed E-state index contributed by atoms with van der Waals surface area (Å²) in [6, 6.07) is 0. The Morgan fingerprint density at radius 1 is 1.36 bits per heavy atom. The van der Waals surface area contributed by atoms with E-state index < -0.39 is 0 Å². The number of amides is 2. The van der Waals surface area contributed by atoms with E-state index in [0.29, 0.717) is 26.1 Å². The molecule has 0 aromatic carbocycles. The minimum Gasteiger partial charge on any atom is -0.344 e. The highest BCUT2D eigenvalue weighted by Gasteiger charge is 2.23. The zero-order chi connectivity index (χ0) is 10.6. The molecular weight excluding hydrogens is 182 g/mol. The lowest BCUT2D eigenvalue weighted by Gasteiger charge is -2.19. The molecule has 0 saturated carbocycles. The second-order valence-corrected chi connectivity index (χ2v) is 3.52. The molecule has 2 amide bonds. The quantitative estimate of drug-likeness (QED) is 0.635. The maximum absolute atomic E-state index is 11.5. The molecule has 1 saturated heterocycles. The van der Waals surface area contributed by atoms with Gasteiger partial charge in [0.15, 0.2) is 0 Å². The molecule has 2 N–H and O–H groups in total. The zero-order valence-corrected chi connectivity index (χ0v) is 8.53. The van der Waals surface area contributed by atoms with Gasteiger partial charge in [-0.1, -0.05) is 0 Å². The van der Waals surface area contributed by atoms with Crippen LogP contribution in [0.15, 0.2) is 0 Å². The zero-order valence-electron chi connectivity index (χ0n) is 8.53. The number of nitrogens with two attached hydrogens (primary N) is 1. The van der Waals surface area contributed by atoms with Crippen LogP contribution >= 0.6 is 0 Å². The van der Waals surface area contributed by atoms with Crippen molar-refractivity contribution in [1.29, 1.82) is 0 Å². The Balaban J connectivity index is 2.55. The summed E-state index contributed by atoms with van der Waals surface area (Å²) >= 11 is 0. The first-order valence-corrected chi connectivity index (χ1v) is 4.87. The van der Waals surface area contributed by atoms with Gasteiger partial charge in [-0.15, -0.1) is 0 Å². The average molecular weight is 199 g/mol. The Kier molecular flexibility index (Phi) is 3.88. The van der Waals surface area contributed by atoms with E-state index in [0.717, 1.165) is 6.42 Å². The van der Waals surface area contributed by atoms with Crippen LogP contribution in [-0.4, -0.2) is 54.8 Å². The molecule has 80 valence electrons. The molecular formula is C9H17N3O2. The van der Waals surface area contributed by atoms with Gasteiger partial charge in [-0.2, -0.15) is 0 Å². The van der Waals surface area contributed by atoms with Crippen molar-refractivity contribution in [2.24, 2.45) is 5.73 Å². The molecule has 0 bridgehead atoms. The van der Waals surface area contributed by atoms with Crippen LogP contribution in [-0.2, 0) is 9.59 Å². The molecule has 0 unspecified atom stereocenters. The van der Waals surface area contributed by atoms with Gasteiger partial charge in [-0.05, 0) is 13.0 Å². The van der Waals surface area contributed by atoms with E-state index in [-0.39, 0.29) is 18.4 Å². The number of hydrogen-bond donors (Lipinski definition) is 1. The maximum Gasteiger partial charge on any atom is 0.241 e. The molecule has 0 aromatic heterocycles. The van der Waals surface area contributed by atoms with Gasteiger partial charge in [0, 0.05) is 26.6 Å². The number of nitrogens with zero attached hydrogens (tertiary/aromatic N) is 2. The van der Waals surface area contributed by atoms with Crippen LogP contribution in [0.2, 0.25) is 0 Å². The number of carbonyl (C=O) groups is 2. The topological polar surface area (TPSA) is 66.6 Å². The Bertz CT molecular complexity index is 230. The van der Waals surface area contributed by atoms with Crippen molar-refractivity contribution in [3.8, 4) is 0 Å². The van der Waals surface area contributed by atoms with Crippen LogP contribution in [0.1, 0.15) is 12.8 Å². The first-order valence-electron chi connectivity index (χ1n) is 4.87. The summed E-state index contributed by atoms with van der Waals surface area (Å²) in [7, 11) is 1.72.